The molecule has 8 nitrogen and oxygen atoms in total. The van der Waals surface area contributed by atoms with Crippen LogP contribution in [0.15, 0.2) is 66.1 Å². The number of carbonyl (C=O) groups is 1. The van der Waals surface area contributed by atoms with Gasteiger partial charge in [-0.05, 0) is 55.1 Å². The van der Waals surface area contributed by atoms with Crippen LogP contribution in [0, 0.1) is 5.82 Å². The Kier molecular flexibility index (Phi) is 6.91. The Morgan fingerprint density at radius 2 is 1.71 bits per heavy atom. The minimum Gasteiger partial charge on any atom is -0.369 e. The highest BCUT2D eigenvalue weighted by molar-refractivity contribution is 8.00. The fourth-order valence-electron chi connectivity index (χ4n) is 4.12. The number of hydrogen-bond donors (Lipinski definition) is 1. The number of halogens is 1. The summed E-state index contributed by atoms with van der Waals surface area (Å²) in [5.41, 5.74) is 3.24. The third kappa shape index (κ3) is 5.28. The minimum atomic E-state index is -0.313. The Labute approximate surface area is 207 Å². The molecule has 2 aromatic carbocycles. The molecular formula is C25H26FN7OS. The molecule has 2 aromatic heterocycles. The van der Waals surface area contributed by atoms with Crippen molar-refractivity contribution in [1.82, 2.24) is 24.6 Å². The van der Waals surface area contributed by atoms with Gasteiger partial charge >= 0.3 is 0 Å². The number of hydrogen-bond acceptors (Lipinski definition) is 7. The summed E-state index contributed by atoms with van der Waals surface area (Å²) in [6.07, 6.45) is 3.11. The molecule has 5 rings (SSSR count). The molecule has 3 heterocycles. The number of nitrogens with one attached hydrogen (secondary N) is 1. The van der Waals surface area contributed by atoms with Gasteiger partial charge in [-0.25, -0.2) is 19.0 Å². The zero-order chi connectivity index (χ0) is 24.2. The van der Waals surface area contributed by atoms with Gasteiger partial charge in [0.05, 0.1) is 23.0 Å². The van der Waals surface area contributed by atoms with Crippen molar-refractivity contribution in [2.45, 2.75) is 11.9 Å². The zero-order valence-electron chi connectivity index (χ0n) is 19.4. The number of benzene rings is 2. The second kappa shape index (κ2) is 10.4. The summed E-state index contributed by atoms with van der Waals surface area (Å²) in [6.45, 7) is 7.47. The van der Waals surface area contributed by atoms with Crippen molar-refractivity contribution < 1.29 is 9.18 Å². The molecule has 180 valence electrons. The minimum absolute atomic E-state index is 0.114. The van der Waals surface area contributed by atoms with E-state index in [4.69, 9.17) is 0 Å². The highest BCUT2D eigenvalue weighted by Crippen LogP contribution is 2.26. The van der Waals surface area contributed by atoms with Gasteiger partial charge in [-0.1, -0.05) is 18.7 Å². The first kappa shape index (κ1) is 23.3. The molecule has 0 atom stereocenters. The predicted octanol–water partition coefficient (Wildman–Crippen LogP) is 3.83. The Hall–Kier alpha value is -3.50. The van der Waals surface area contributed by atoms with E-state index in [1.165, 1.54) is 35.9 Å². The number of anilines is 2. The van der Waals surface area contributed by atoms with Crippen LogP contribution in [0.4, 0.5) is 15.8 Å². The van der Waals surface area contributed by atoms with Crippen LogP contribution in [0.3, 0.4) is 0 Å². The predicted molar refractivity (Wildman–Crippen MR) is 137 cm³/mol. The van der Waals surface area contributed by atoms with E-state index in [-0.39, 0.29) is 17.5 Å². The molecule has 0 bridgehead atoms. The number of thioether (sulfide) groups is 1. The van der Waals surface area contributed by atoms with Gasteiger partial charge in [-0.15, -0.1) is 0 Å². The van der Waals surface area contributed by atoms with Crippen molar-refractivity contribution in [2.24, 2.45) is 0 Å². The Balaban J connectivity index is 1.20. The highest BCUT2D eigenvalue weighted by Gasteiger charge is 2.16. The third-order valence-corrected chi connectivity index (χ3v) is 7.08. The molecule has 1 N–H and O–H groups in total. The van der Waals surface area contributed by atoms with E-state index in [2.05, 4.69) is 49.2 Å². The first-order valence-corrected chi connectivity index (χ1v) is 12.5. The molecule has 4 aromatic rings. The van der Waals surface area contributed by atoms with Crippen LogP contribution >= 0.6 is 11.8 Å². The average molecular weight is 492 g/mol. The number of rotatable bonds is 7. The number of piperazine rings is 1. The monoisotopic (exact) mass is 491 g/mol. The quantitative estimate of drug-likeness (QED) is 0.311. The maximum absolute atomic E-state index is 13.3. The summed E-state index contributed by atoms with van der Waals surface area (Å²) >= 11 is 1.33. The van der Waals surface area contributed by atoms with Crippen LogP contribution in [0.5, 0.6) is 0 Å². The molecule has 0 saturated carbocycles. The summed E-state index contributed by atoms with van der Waals surface area (Å²) < 4.78 is 14.9. The summed E-state index contributed by atoms with van der Waals surface area (Å²) in [5.74, 6) is -0.224. The van der Waals surface area contributed by atoms with Crippen molar-refractivity contribution in [2.75, 3.05) is 48.7 Å². The van der Waals surface area contributed by atoms with Crippen LogP contribution in [0.1, 0.15) is 6.92 Å². The van der Waals surface area contributed by atoms with Gasteiger partial charge in [0.1, 0.15) is 17.2 Å². The smallest absolute Gasteiger partial charge is 0.234 e. The number of carbonyl (C=O) groups excluding carboxylic acids is 1. The van der Waals surface area contributed by atoms with E-state index in [1.807, 2.05) is 12.1 Å². The molecule has 1 saturated heterocycles. The van der Waals surface area contributed by atoms with Gasteiger partial charge in [0, 0.05) is 37.6 Å². The van der Waals surface area contributed by atoms with E-state index in [0.29, 0.717) is 16.4 Å². The maximum atomic E-state index is 13.3. The van der Waals surface area contributed by atoms with E-state index < -0.39 is 0 Å². The molecule has 1 fully saturated rings. The Morgan fingerprint density at radius 3 is 2.43 bits per heavy atom. The number of amides is 1. The SMILES string of the molecule is CCN1CCN(c2ccc(NC(=O)CSc3ncnc4c3cnn4-c3ccc(F)cc3)cc2)CC1. The normalized spacial score (nSPS) is 14.4. The Bertz CT molecular complexity index is 1300. The number of likely N-dealkylation sites (N-methyl/N-ethyl adjacent to an activating group) is 1. The van der Waals surface area contributed by atoms with Gasteiger partial charge in [0.25, 0.3) is 0 Å². The van der Waals surface area contributed by atoms with Crippen molar-refractivity contribution in [3.8, 4) is 5.69 Å². The first-order chi connectivity index (χ1) is 17.1. The Morgan fingerprint density at radius 1 is 1.00 bits per heavy atom. The van der Waals surface area contributed by atoms with Crippen molar-refractivity contribution in [3.05, 3.63) is 66.9 Å². The van der Waals surface area contributed by atoms with E-state index in [1.54, 1.807) is 23.0 Å². The fourth-order valence-corrected chi connectivity index (χ4v) is 4.88. The molecule has 35 heavy (non-hydrogen) atoms. The average Bonchev–Trinajstić information content (AvgIpc) is 3.33. The van der Waals surface area contributed by atoms with Crippen LogP contribution in [-0.2, 0) is 4.79 Å². The lowest BCUT2D eigenvalue weighted by Crippen LogP contribution is -2.46. The van der Waals surface area contributed by atoms with E-state index in [0.717, 1.165) is 43.8 Å². The standard InChI is InChI=1S/C25H26FN7OS/c1-2-31-11-13-32(14-12-31)20-9-5-19(6-10-20)30-23(34)16-35-25-22-15-29-33(24(22)27-17-28-25)21-7-3-18(26)4-8-21/h3-10,15,17H,2,11-14,16H2,1H3,(H,30,34). The first-order valence-electron chi connectivity index (χ1n) is 11.6. The van der Waals surface area contributed by atoms with Gasteiger partial charge in [-0.3, -0.25) is 4.79 Å². The second-order valence-corrected chi connectivity index (χ2v) is 9.22. The topological polar surface area (TPSA) is 79.2 Å². The van der Waals surface area contributed by atoms with Gasteiger partial charge in [0.2, 0.25) is 5.91 Å². The van der Waals surface area contributed by atoms with Crippen LogP contribution in [0.25, 0.3) is 16.7 Å². The molecule has 0 unspecified atom stereocenters. The second-order valence-electron chi connectivity index (χ2n) is 8.25. The lowest BCUT2D eigenvalue weighted by atomic mass is 10.2. The van der Waals surface area contributed by atoms with Crippen molar-refractivity contribution in [1.29, 1.82) is 0 Å². The lowest BCUT2D eigenvalue weighted by Gasteiger charge is -2.35. The van der Waals surface area contributed by atoms with Gasteiger partial charge < -0.3 is 15.1 Å². The van der Waals surface area contributed by atoms with Crippen molar-refractivity contribution >= 4 is 40.1 Å². The molecule has 10 heteroatoms. The molecule has 0 radical (unpaired) electrons. The summed E-state index contributed by atoms with van der Waals surface area (Å²) in [6, 6.07) is 14.0. The summed E-state index contributed by atoms with van der Waals surface area (Å²) in [5, 5.41) is 8.74. The van der Waals surface area contributed by atoms with Crippen molar-refractivity contribution in [3.63, 3.8) is 0 Å². The van der Waals surface area contributed by atoms with Gasteiger partial charge in [0.15, 0.2) is 5.65 Å². The van der Waals surface area contributed by atoms with Gasteiger partial charge in [-0.2, -0.15) is 5.10 Å². The molecule has 1 aliphatic rings. The molecule has 1 amide bonds. The molecular weight excluding hydrogens is 465 g/mol. The van der Waals surface area contributed by atoms with E-state index in [9.17, 15) is 9.18 Å². The molecule has 1 aliphatic heterocycles. The summed E-state index contributed by atoms with van der Waals surface area (Å²) in [7, 11) is 0. The largest absolute Gasteiger partial charge is 0.369 e. The van der Waals surface area contributed by atoms with Crippen LogP contribution in [-0.4, -0.2) is 69.0 Å². The van der Waals surface area contributed by atoms with Crippen LogP contribution in [0.2, 0.25) is 0 Å². The fraction of sp³-hybridized carbons (Fsp3) is 0.280. The van der Waals surface area contributed by atoms with E-state index >= 15 is 0 Å². The molecule has 0 spiro atoms. The lowest BCUT2D eigenvalue weighted by molar-refractivity contribution is -0.113. The molecule has 0 aliphatic carbocycles. The number of aromatic nitrogens is 4. The van der Waals surface area contributed by atoms with Crippen LogP contribution < -0.4 is 10.2 Å². The number of fused-ring (bicyclic) bond motifs is 1. The zero-order valence-corrected chi connectivity index (χ0v) is 20.2. The summed E-state index contributed by atoms with van der Waals surface area (Å²) in [4.78, 5) is 26.1. The third-order valence-electron chi connectivity index (χ3n) is 6.08. The maximum Gasteiger partial charge on any atom is 0.234 e. The highest BCUT2D eigenvalue weighted by atomic mass is 32.2. The number of nitrogens with zero attached hydrogens (tertiary/aromatic N) is 6.